The van der Waals surface area contributed by atoms with Crippen LogP contribution in [-0.2, 0) is 0 Å². The van der Waals surface area contributed by atoms with Gasteiger partial charge in [-0.25, -0.2) is 0 Å². The van der Waals surface area contributed by atoms with Gasteiger partial charge in [-0.05, 0) is 67.1 Å². The molecule has 1 aromatic heterocycles. The van der Waals surface area contributed by atoms with Crippen LogP contribution < -0.4 is 16.0 Å². The highest BCUT2D eigenvalue weighted by Crippen LogP contribution is 2.34. The van der Waals surface area contributed by atoms with Crippen molar-refractivity contribution in [3.8, 4) is 5.69 Å². The lowest BCUT2D eigenvalue weighted by Crippen LogP contribution is -2.42. The van der Waals surface area contributed by atoms with Gasteiger partial charge in [0.05, 0.1) is 23.4 Å². The van der Waals surface area contributed by atoms with Crippen LogP contribution in [0.4, 0.5) is 0 Å². The van der Waals surface area contributed by atoms with Gasteiger partial charge < -0.3 is 9.88 Å². The molecule has 0 bridgehead atoms. The molecule has 0 aliphatic heterocycles. The van der Waals surface area contributed by atoms with E-state index in [1.807, 2.05) is 7.05 Å². The number of fused-ring (bicyclic) bond motifs is 3. The van der Waals surface area contributed by atoms with E-state index in [1.165, 1.54) is 32.9 Å². The van der Waals surface area contributed by atoms with Crippen molar-refractivity contribution < 1.29 is 0 Å². The van der Waals surface area contributed by atoms with Crippen molar-refractivity contribution >= 4 is 37.7 Å². The fourth-order valence-electron chi connectivity index (χ4n) is 5.55. The second-order valence-electron chi connectivity index (χ2n) is 10.1. The molecule has 6 aromatic rings. The van der Waals surface area contributed by atoms with Gasteiger partial charge in [-0.15, -0.1) is 0 Å². The molecule has 0 aliphatic rings. The maximum atomic E-state index is 3.85. The Balaban J connectivity index is 1.36. The molecule has 0 saturated heterocycles. The van der Waals surface area contributed by atoms with Crippen LogP contribution in [0.2, 0.25) is 0 Å². The van der Waals surface area contributed by atoms with E-state index in [-0.39, 0.29) is 18.4 Å². The van der Waals surface area contributed by atoms with E-state index in [9.17, 15) is 0 Å². The first-order valence-corrected chi connectivity index (χ1v) is 14.5. The van der Waals surface area contributed by atoms with Gasteiger partial charge in [-0.3, -0.25) is 10.6 Å². The van der Waals surface area contributed by atoms with Crippen LogP contribution in [0.5, 0.6) is 0 Å². The van der Waals surface area contributed by atoms with E-state index in [2.05, 4.69) is 171 Å². The minimum atomic E-state index is -0.0807. The van der Waals surface area contributed by atoms with Crippen molar-refractivity contribution in [1.82, 2.24) is 20.5 Å². The summed E-state index contributed by atoms with van der Waals surface area (Å²) in [5, 5.41) is 13.7. The number of rotatable bonds is 9. The van der Waals surface area contributed by atoms with Crippen LogP contribution >= 0.6 is 15.9 Å². The molecule has 5 heteroatoms. The van der Waals surface area contributed by atoms with Gasteiger partial charge in [0.1, 0.15) is 0 Å². The van der Waals surface area contributed by atoms with Crippen molar-refractivity contribution in [1.29, 1.82) is 0 Å². The molecule has 0 fully saturated rings. The van der Waals surface area contributed by atoms with E-state index in [0.717, 1.165) is 15.7 Å². The Bertz CT molecular complexity index is 1730. The molecule has 40 heavy (non-hydrogen) atoms. The molecular formula is C35H33BrN4. The van der Waals surface area contributed by atoms with Crippen LogP contribution in [0.3, 0.4) is 0 Å². The normalized spacial score (nSPS) is 13.9. The molecular weight excluding hydrogens is 556 g/mol. The van der Waals surface area contributed by atoms with Crippen LogP contribution in [0.25, 0.3) is 27.5 Å². The molecule has 0 aliphatic carbocycles. The minimum Gasteiger partial charge on any atom is -0.309 e. The topological polar surface area (TPSA) is 41.0 Å². The third-order valence-corrected chi connectivity index (χ3v) is 8.06. The molecule has 3 unspecified atom stereocenters. The maximum absolute atomic E-state index is 3.85. The molecule has 0 saturated carbocycles. The number of nitrogens with one attached hydrogen (secondary N) is 3. The maximum Gasteiger partial charge on any atom is 0.0854 e. The lowest BCUT2D eigenvalue weighted by atomic mass is 10.1. The number of para-hydroxylation sites is 1. The Hall–Kier alpha value is -3.74. The Morgan fingerprint density at radius 2 is 1.23 bits per heavy atom. The van der Waals surface area contributed by atoms with Crippen molar-refractivity contribution in [3.05, 3.63) is 149 Å². The van der Waals surface area contributed by atoms with Gasteiger partial charge in [-0.2, -0.15) is 0 Å². The quantitative estimate of drug-likeness (QED) is 0.148. The zero-order chi connectivity index (χ0) is 27.5. The second-order valence-corrected chi connectivity index (χ2v) is 11.1. The fraction of sp³-hybridized carbons (Fsp3) is 0.143. The van der Waals surface area contributed by atoms with Gasteiger partial charge in [0.2, 0.25) is 0 Å². The molecule has 3 N–H and O–H groups in total. The molecule has 200 valence electrons. The van der Waals surface area contributed by atoms with E-state index >= 15 is 0 Å². The minimum absolute atomic E-state index is 0.0666. The zero-order valence-electron chi connectivity index (χ0n) is 22.7. The predicted molar refractivity (Wildman–Crippen MR) is 171 cm³/mol. The number of hydrogen-bond acceptors (Lipinski definition) is 3. The number of aromatic nitrogens is 1. The summed E-state index contributed by atoms with van der Waals surface area (Å²) in [6, 6.07) is 45.3. The first-order valence-electron chi connectivity index (χ1n) is 13.7. The van der Waals surface area contributed by atoms with Gasteiger partial charge in [0, 0.05) is 27.0 Å². The standard InChI is InChI=1S/C35H33BrN4/c1-24(25-12-5-3-6-13-25)38-35(26-14-7-4-8-15-26)39-34(37-2)27-16-11-17-29(22-27)40-32-19-10-9-18-30(32)31-23-28(36)20-21-33(31)40/h3-24,34-35,37-39H,1-2H3. The molecule has 0 amide bonds. The van der Waals surface area contributed by atoms with E-state index in [1.54, 1.807) is 0 Å². The lowest BCUT2D eigenvalue weighted by Gasteiger charge is -2.30. The molecule has 4 nitrogen and oxygen atoms in total. The Kier molecular flexibility index (Phi) is 7.80. The van der Waals surface area contributed by atoms with Crippen LogP contribution in [0.15, 0.2) is 132 Å². The average Bonchev–Trinajstić information content (AvgIpc) is 3.33. The van der Waals surface area contributed by atoms with Crippen molar-refractivity contribution in [2.24, 2.45) is 0 Å². The third kappa shape index (κ3) is 5.34. The summed E-state index contributed by atoms with van der Waals surface area (Å²) in [5.74, 6) is 0. The van der Waals surface area contributed by atoms with Crippen LogP contribution in [-0.4, -0.2) is 11.6 Å². The number of hydrogen-bond donors (Lipinski definition) is 3. The van der Waals surface area contributed by atoms with Crippen LogP contribution in [0, 0.1) is 0 Å². The molecule has 3 atom stereocenters. The van der Waals surface area contributed by atoms with Gasteiger partial charge in [-0.1, -0.05) is 107 Å². The average molecular weight is 590 g/mol. The van der Waals surface area contributed by atoms with Crippen molar-refractivity contribution in [2.75, 3.05) is 7.05 Å². The Labute approximate surface area is 244 Å². The van der Waals surface area contributed by atoms with Crippen molar-refractivity contribution in [2.45, 2.75) is 25.3 Å². The highest BCUT2D eigenvalue weighted by Gasteiger charge is 2.21. The predicted octanol–water partition coefficient (Wildman–Crippen LogP) is 8.40. The summed E-state index contributed by atoms with van der Waals surface area (Å²) in [6.07, 6.45) is -0.147. The summed E-state index contributed by atoms with van der Waals surface area (Å²) in [4.78, 5) is 0. The second kappa shape index (κ2) is 11.8. The van der Waals surface area contributed by atoms with Crippen molar-refractivity contribution in [3.63, 3.8) is 0 Å². The fourth-order valence-corrected chi connectivity index (χ4v) is 5.91. The van der Waals surface area contributed by atoms with E-state index < -0.39 is 0 Å². The SMILES string of the molecule is CNC(NC(NC(C)c1ccccc1)c1ccccc1)c1cccc(-n2c3ccccc3c3cc(Br)ccc32)c1. The van der Waals surface area contributed by atoms with E-state index in [0.29, 0.717) is 0 Å². The smallest absolute Gasteiger partial charge is 0.0854 e. The summed E-state index contributed by atoms with van der Waals surface area (Å²) >= 11 is 3.67. The summed E-state index contributed by atoms with van der Waals surface area (Å²) < 4.78 is 3.44. The monoisotopic (exact) mass is 588 g/mol. The molecule has 0 radical (unpaired) electrons. The summed E-state index contributed by atoms with van der Waals surface area (Å²) in [5.41, 5.74) is 7.13. The number of halogens is 1. The molecule has 1 heterocycles. The van der Waals surface area contributed by atoms with Gasteiger partial charge >= 0.3 is 0 Å². The summed E-state index contributed by atoms with van der Waals surface area (Å²) in [7, 11) is 2.00. The zero-order valence-corrected chi connectivity index (χ0v) is 24.3. The Morgan fingerprint density at radius 1 is 0.575 bits per heavy atom. The van der Waals surface area contributed by atoms with E-state index in [4.69, 9.17) is 0 Å². The number of benzene rings is 5. The van der Waals surface area contributed by atoms with Gasteiger partial charge in [0.25, 0.3) is 0 Å². The highest BCUT2D eigenvalue weighted by atomic mass is 79.9. The molecule has 5 aromatic carbocycles. The summed E-state index contributed by atoms with van der Waals surface area (Å²) in [6.45, 7) is 2.21. The first-order chi connectivity index (χ1) is 19.6. The first kappa shape index (κ1) is 26.5. The molecule has 6 rings (SSSR count). The van der Waals surface area contributed by atoms with Gasteiger partial charge in [0.15, 0.2) is 0 Å². The largest absolute Gasteiger partial charge is 0.309 e. The molecule has 0 spiro atoms. The lowest BCUT2D eigenvalue weighted by molar-refractivity contribution is 0.331. The number of nitrogens with zero attached hydrogens (tertiary/aromatic N) is 1. The Morgan fingerprint density at radius 3 is 1.98 bits per heavy atom. The highest BCUT2D eigenvalue weighted by molar-refractivity contribution is 9.10. The third-order valence-electron chi connectivity index (χ3n) is 7.57. The van der Waals surface area contributed by atoms with Crippen LogP contribution in [0.1, 0.15) is 42.0 Å².